The quantitative estimate of drug-likeness (QED) is 0.758. The van der Waals surface area contributed by atoms with Crippen LogP contribution in [0.25, 0.3) is 0 Å². The van der Waals surface area contributed by atoms with Gasteiger partial charge in [0.15, 0.2) is 0 Å². The fraction of sp³-hybridized carbons (Fsp3) is 0.688. The van der Waals surface area contributed by atoms with E-state index in [1.807, 2.05) is 38.1 Å². The van der Waals surface area contributed by atoms with E-state index in [4.69, 9.17) is 16.3 Å². The van der Waals surface area contributed by atoms with Crippen molar-refractivity contribution in [3.05, 3.63) is 22.8 Å². The number of nitrogens with one attached hydrogen (secondary N) is 1. The van der Waals surface area contributed by atoms with Crippen molar-refractivity contribution in [2.24, 2.45) is 5.92 Å². The maximum absolute atomic E-state index is 6.33. The minimum absolute atomic E-state index is 0.247. The van der Waals surface area contributed by atoms with Crippen LogP contribution in [0.3, 0.4) is 0 Å². The highest BCUT2D eigenvalue weighted by Gasteiger charge is 2.09. The Morgan fingerprint density at radius 1 is 1.33 bits per heavy atom. The second-order valence-electron chi connectivity index (χ2n) is 6.01. The van der Waals surface area contributed by atoms with E-state index in [1.54, 1.807) is 0 Å². The number of pyridine rings is 1. The van der Waals surface area contributed by atoms with Crippen LogP contribution >= 0.6 is 11.6 Å². The molecule has 0 aliphatic carbocycles. The summed E-state index contributed by atoms with van der Waals surface area (Å²) in [6.07, 6.45) is 2.13. The van der Waals surface area contributed by atoms with Gasteiger partial charge in [0.1, 0.15) is 5.82 Å². The van der Waals surface area contributed by atoms with Crippen LogP contribution in [-0.4, -0.2) is 37.8 Å². The number of ether oxygens (including phenoxy) is 1. The SMILES string of the molecule is CC(C)CNCc1cnc(N(C)CCOC(C)C)c(Cl)c1. The molecule has 5 heteroatoms. The normalized spacial score (nSPS) is 11.4. The summed E-state index contributed by atoms with van der Waals surface area (Å²) < 4.78 is 5.55. The van der Waals surface area contributed by atoms with Crippen molar-refractivity contribution < 1.29 is 4.74 Å². The zero-order chi connectivity index (χ0) is 15.8. The highest BCUT2D eigenvalue weighted by Crippen LogP contribution is 2.23. The second-order valence-corrected chi connectivity index (χ2v) is 6.42. The first-order valence-corrected chi connectivity index (χ1v) is 7.95. The van der Waals surface area contributed by atoms with Crippen LogP contribution in [0.2, 0.25) is 5.02 Å². The van der Waals surface area contributed by atoms with Crippen LogP contribution in [0.4, 0.5) is 5.82 Å². The molecule has 1 aromatic rings. The highest BCUT2D eigenvalue weighted by atomic mass is 35.5. The Morgan fingerprint density at radius 2 is 2.05 bits per heavy atom. The van der Waals surface area contributed by atoms with Crippen molar-refractivity contribution in [3.63, 3.8) is 0 Å². The number of hydrogen-bond acceptors (Lipinski definition) is 4. The molecular formula is C16H28ClN3O. The summed E-state index contributed by atoms with van der Waals surface area (Å²) in [6, 6.07) is 1.98. The first-order chi connectivity index (χ1) is 9.90. The number of halogens is 1. The lowest BCUT2D eigenvalue weighted by Crippen LogP contribution is -2.25. The molecule has 0 atom stereocenters. The Hall–Kier alpha value is -0.840. The molecule has 1 heterocycles. The molecule has 0 radical (unpaired) electrons. The molecule has 1 aromatic heterocycles. The van der Waals surface area contributed by atoms with Crippen molar-refractivity contribution in [2.75, 3.05) is 31.6 Å². The maximum atomic E-state index is 6.33. The van der Waals surface area contributed by atoms with E-state index in [0.717, 1.165) is 31.0 Å². The van der Waals surface area contributed by atoms with Gasteiger partial charge in [0.25, 0.3) is 0 Å². The molecule has 0 amide bonds. The van der Waals surface area contributed by atoms with Crippen molar-refractivity contribution in [1.82, 2.24) is 10.3 Å². The molecule has 120 valence electrons. The van der Waals surface area contributed by atoms with Gasteiger partial charge in [0.05, 0.1) is 17.7 Å². The van der Waals surface area contributed by atoms with Gasteiger partial charge in [-0.1, -0.05) is 25.4 Å². The summed E-state index contributed by atoms with van der Waals surface area (Å²) in [5, 5.41) is 4.08. The molecule has 1 rings (SSSR count). The van der Waals surface area contributed by atoms with E-state index < -0.39 is 0 Å². The number of aromatic nitrogens is 1. The first-order valence-electron chi connectivity index (χ1n) is 7.58. The Balaban J connectivity index is 2.52. The van der Waals surface area contributed by atoms with Crippen molar-refractivity contribution >= 4 is 17.4 Å². The van der Waals surface area contributed by atoms with Gasteiger partial charge in [-0.2, -0.15) is 0 Å². The molecule has 0 fully saturated rings. The molecule has 0 bridgehead atoms. The van der Waals surface area contributed by atoms with Crippen LogP contribution in [0.15, 0.2) is 12.3 Å². The summed E-state index contributed by atoms with van der Waals surface area (Å²) in [4.78, 5) is 6.50. The summed E-state index contributed by atoms with van der Waals surface area (Å²) in [5.74, 6) is 1.44. The van der Waals surface area contributed by atoms with Gasteiger partial charge in [-0.25, -0.2) is 4.98 Å². The number of rotatable bonds is 9. The lowest BCUT2D eigenvalue weighted by molar-refractivity contribution is 0.0845. The number of nitrogens with zero attached hydrogens (tertiary/aromatic N) is 2. The maximum Gasteiger partial charge on any atom is 0.147 e. The fourth-order valence-corrected chi connectivity index (χ4v) is 2.22. The van der Waals surface area contributed by atoms with Crippen LogP contribution < -0.4 is 10.2 Å². The highest BCUT2D eigenvalue weighted by molar-refractivity contribution is 6.33. The Morgan fingerprint density at radius 3 is 2.62 bits per heavy atom. The predicted octanol–water partition coefficient (Wildman–Crippen LogP) is 3.34. The Kier molecular flexibility index (Phi) is 8.01. The average molecular weight is 314 g/mol. The third-order valence-corrected chi connectivity index (χ3v) is 3.28. The number of anilines is 1. The topological polar surface area (TPSA) is 37.4 Å². The van der Waals surface area contributed by atoms with Crippen molar-refractivity contribution in [3.8, 4) is 0 Å². The van der Waals surface area contributed by atoms with E-state index in [1.165, 1.54) is 0 Å². The van der Waals surface area contributed by atoms with Crippen LogP contribution in [0.5, 0.6) is 0 Å². The minimum Gasteiger partial charge on any atom is -0.377 e. The molecular weight excluding hydrogens is 286 g/mol. The van der Waals surface area contributed by atoms with E-state index in [2.05, 4.69) is 24.1 Å². The summed E-state index contributed by atoms with van der Waals surface area (Å²) in [7, 11) is 1.98. The van der Waals surface area contributed by atoms with Crippen LogP contribution in [-0.2, 0) is 11.3 Å². The Bertz CT molecular complexity index is 424. The molecule has 21 heavy (non-hydrogen) atoms. The van der Waals surface area contributed by atoms with Gasteiger partial charge >= 0.3 is 0 Å². The summed E-state index contributed by atoms with van der Waals surface area (Å²) >= 11 is 6.33. The van der Waals surface area contributed by atoms with Gasteiger partial charge in [0, 0.05) is 26.3 Å². The van der Waals surface area contributed by atoms with Gasteiger partial charge < -0.3 is 15.0 Å². The van der Waals surface area contributed by atoms with E-state index in [9.17, 15) is 0 Å². The number of hydrogen-bond donors (Lipinski definition) is 1. The fourth-order valence-electron chi connectivity index (χ4n) is 1.88. The molecule has 0 spiro atoms. The van der Waals surface area contributed by atoms with Gasteiger partial charge in [-0.3, -0.25) is 0 Å². The summed E-state index contributed by atoms with van der Waals surface area (Å²) in [5.41, 5.74) is 1.11. The van der Waals surface area contributed by atoms with E-state index in [-0.39, 0.29) is 6.10 Å². The molecule has 0 aromatic carbocycles. The lowest BCUT2D eigenvalue weighted by Gasteiger charge is -2.20. The van der Waals surface area contributed by atoms with Gasteiger partial charge in [0.2, 0.25) is 0 Å². The molecule has 0 unspecified atom stereocenters. The molecule has 0 aliphatic rings. The van der Waals surface area contributed by atoms with Gasteiger partial charge in [-0.05, 0) is 37.9 Å². The first kappa shape index (κ1) is 18.2. The third-order valence-electron chi connectivity index (χ3n) is 3.00. The predicted molar refractivity (Wildman–Crippen MR) is 90.1 cm³/mol. The zero-order valence-electron chi connectivity index (χ0n) is 13.8. The Labute approximate surface area is 133 Å². The van der Waals surface area contributed by atoms with Crippen molar-refractivity contribution in [2.45, 2.75) is 40.3 Å². The van der Waals surface area contributed by atoms with E-state index >= 15 is 0 Å². The molecule has 0 saturated carbocycles. The minimum atomic E-state index is 0.247. The molecule has 0 aliphatic heterocycles. The molecule has 1 N–H and O–H groups in total. The molecule has 0 saturated heterocycles. The monoisotopic (exact) mass is 313 g/mol. The number of likely N-dealkylation sites (N-methyl/N-ethyl adjacent to an activating group) is 1. The smallest absolute Gasteiger partial charge is 0.147 e. The largest absolute Gasteiger partial charge is 0.377 e. The van der Waals surface area contributed by atoms with E-state index in [0.29, 0.717) is 17.5 Å². The second kappa shape index (κ2) is 9.23. The van der Waals surface area contributed by atoms with Crippen LogP contribution in [0, 0.1) is 5.92 Å². The zero-order valence-corrected chi connectivity index (χ0v) is 14.6. The summed E-state index contributed by atoms with van der Waals surface area (Å²) in [6.45, 7) is 11.7. The van der Waals surface area contributed by atoms with Crippen LogP contribution in [0.1, 0.15) is 33.3 Å². The average Bonchev–Trinajstić information content (AvgIpc) is 2.37. The molecule has 4 nitrogen and oxygen atoms in total. The van der Waals surface area contributed by atoms with Gasteiger partial charge in [-0.15, -0.1) is 0 Å². The standard InChI is InChI=1S/C16H28ClN3O/c1-12(2)9-18-10-14-8-15(17)16(19-11-14)20(5)6-7-21-13(3)4/h8,11-13,18H,6-7,9-10H2,1-5H3. The third kappa shape index (κ3) is 7.11. The van der Waals surface area contributed by atoms with Crippen molar-refractivity contribution in [1.29, 1.82) is 0 Å². The lowest BCUT2D eigenvalue weighted by atomic mass is 10.2.